The second kappa shape index (κ2) is 6.23. The number of hydrogen-bond acceptors (Lipinski definition) is 1. The Morgan fingerprint density at radius 3 is 2.19 bits per heavy atom. The lowest BCUT2D eigenvalue weighted by molar-refractivity contribution is 0.394. The van der Waals surface area contributed by atoms with Gasteiger partial charge in [-0.3, -0.25) is 0 Å². The van der Waals surface area contributed by atoms with Crippen LogP contribution < -0.4 is 5.32 Å². The Balaban J connectivity index is 1.37. The topological polar surface area (TPSA) is 12.0 Å². The average molecular weight is 404 g/mol. The van der Waals surface area contributed by atoms with Gasteiger partial charge in [0.1, 0.15) is 0 Å². The van der Waals surface area contributed by atoms with Gasteiger partial charge in [0, 0.05) is 22.7 Å². The minimum Gasteiger partial charge on any atom is -0.356 e. The molecule has 3 aromatic rings. The molecule has 1 nitrogen and oxygen atoms in total. The lowest BCUT2D eigenvalue weighted by atomic mass is 9.74. The van der Waals surface area contributed by atoms with Crippen LogP contribution in [0.2, 0.25) is 0 Å². The molecule has 0 aliphatic heterocycles. The predicted molar refractivity (Wildman–Crippen MR) is 131 cm³/mol. The maximum absolute atomic E-state index is 3.71. The molecule has 154 valence electrons. The van der Waals surface area contributed by atoms with Gasteiger partial charge in [-0.1, -0.05) is 88.4 Å². The summed E-state index contributed by atoms with van der Waals surface area (Å²) >= 11 is 0. The summed E-state index contributed by atoms with van der Waals surface area (Å²) in [5, 5.41) is 3.71. The van der Waals surface area contributed by atoms with E-state index < -0.39 is 0 Å². The SMILES string of the molecule is CC1(C)c2ccccc2-c2ccc(Nc3ccc4c(c3)C(C)(C)C3C=CC=CC43)cc21. The molecule has 3 aromatic carbocycles. The molecule has 1 heteroatoms. The Bertz CT molecular complexity index is 1270. The number of fused-ring (bicyclic) bond motifs is 6. The van der Waals surface area contributed by atoms with Crippen LogP contribution in [-0.2, 0) is 10.8 Å². The second-order valence-corrected chi connectivity index (χ2v) is 10.4. The summed E-state index contributed by atoms with van der Waals surface area (Å²) < 4.78 is 0. The van der Waals surface area contributed by atoms with Crippen molar-refractivity contribution in [3.05, 3.63) is 107 Å². The first-order valence-electron chi connectivity index (χ1n) is 11.4. The minimum absolute atomic E-state index is 0.0257. The third-order valence-electron chi connectivity index (χ3n) is 7.95. The van der Waals surface area contributed by atoms with Crippen molar-refractivity contribution in [2.24, 2.45) is 5.92 Å². The highest BCUT2D eigenvalue weighted by Crippen LogP contribution is 2.53. The second-order valence-electron chi connectivity index (χ2n) is 10.4. The standard InChI is InChI=1S/C30H29N/c1-29(2)25-11-7-5-9-21(25)23-15-13-19(17-27(23)29)31-20-14-16-24-22-10-6-8-12-26(22)30(3,4)28(24)18-20/h5-18,21,25,31H,1-4H3. The number of nitrogens with one attached hydrogen (secondary N) is 1. The molecule has 0 saturated carbocycles. The van der Waals surface area contributed by atoms with Gasteiger partial charge in [-0.05, 0) is 69.0 Å². The number of anilines is 2. The van der Waals surface area contributed by atoms with Gasteiger partial charge in [0.05, 0.1) is 0 Å². The molecule has 3 aliphatic rings. The van der Waals surface area contributed by atoms with Crippen molar-refractivity contribution in [3.8, 4) is 11.1 Å². The van der Waals surface area contributed by atoms with Crippen LogP contribution >= 0.6 is 0 Å². The Morgan fingerprint density at radius 2 is 1.35 bits per heavy atom. The van der Waals surface area contributed by atoms with Crippen LogP contribution in [0, 0.1) is 5.92 Å². The van der Waals surface area contributed by atoms with E-state index in [1.807, 2.05) is 0 Å². The number of hydrogen-bond donors (Lipinski definition) is 1. The van der Waals surface area contributed by atoms with Crippen molar-refractivity contribution in [2.75, 3.05) is 5.32 Å². The first-order valence-corrected chi connectivity index (χ1v) is 11.4. The molecule has 0 aromatic heterocycles. The van der Waals surface area contributed by atoms with Crippen LogP contribution in [0.15, 0.2) is 85.0 Å². The Hall–Kier alpha value is -3.06. The Labute approximate surface area is 185 Å². The van der Waals surface area contributed by atoms with Gasteiger partial charge in [-0.2, -0.15) is 0 Å². The fourth-order valence-electron chi connectivity index (χ4n) is 6.20. The molecular weight excluding hydrogens is 374 g/mol. The predicted octanol–water partition coefficient (Wildman–Crippen LogP) is 7.85. The molecule has 0 saturated heterocycles. The third-order valence-corrected chi connectivity index (χ3v) is 7.95. The van der Waals surface area contributed by atoms with E-state index in [1.165, 1.54) is 39.1 Å². The number of allylic oxidation sites excluding steroid dienone is 4. The molecular formula is C30H29N. The van der Waals surface area contributed by atoms with Crippen molar-refractivity contribution in [1.82, 2.24) is 0 Å². The highest BCUT2D eigenvalue weighted by atomic mass is 14.9. The average Bonchev–Trinajstić information content (AvgIpc) is 3.14. The molecule has 0 radical (unpaired) electrons. The molecule has 6 rings (SSSR count). The summed E-state index contributed by atoms with van der Waals surface area (Å²) in [5.74, 6) is 1.05. The van der Waals surface area contributed by atoms with Crippen molar-refractivity contribution in [1.29, 1.82) is 0 Å². The van der Waals surface area contributed by atoms with E-state index in [0.29, 0.717) is 11.8 Å². The fourth-order valence-corrected chi connectivity index (χ4v) is 6.20. The first kappa shape index (κ1) is 18.7. The quantitative estimate of drug-likeness (QED) is 0.459. The first-order chi connectivity index (χ1) is 14.9. The molecule has 2 unspecified atom stereocenters. The van der Waals surface area contributed by atoms with Gasteiger partial charge in [0.2, 0.25) is 0 Å². The number of rotatable bonds is 2. The van der Waals surface area contributed by atoms with Crippen LogP contribution in [-0.4, -0.2) is 0 Å². The van der Waals surface area contributed by atoms with Gasteiger partial charge in [0.15, 0.2) is 0 Å². The molecule has 0 heterocycles. The van der Waals surface area contributed by atoms with Crippen LogP contribution in [0.5, 0.6) is 0 Å². The van der Waals surface area contributed by atoms with Crippen LogP contribution in [0.4, 0.5) is 11.4 Å². The Morgan fingerprint density at radius 1 is 0.677 bits per heavy atom. The van der Waals surface area contributed by atoms with Crippen molar-refractivity contribution in [2.45, 2.75) is 44.4 Å². The highest BCUT2D eigenvalue weighted by molar-refractivity contribution is 5.83. The van der Waals surface area contributed by atoms with E-state index in [4.69, 9.17) is 0 Å². The lowest BCUT2D eigenvalue weighted by Gasteiger charge is -2.29. The van der Waals surface area contributed by atoms with Crippen molar-refractivity contribution < 1.29 is 0 Å². The molecule has 1 N–H and O–H groups in total. The molecule has 2 atom stereocenters. The van der Waals surface area contributed by atoms with E-state index >= 15 is 0 Å². The summed E-state index contributed by atoms with van der Waals surface area (Å²) in [6.45, 7) is 9.45. The maximum atomic E-state index is 3.71. The zero-order chi connectivity index (χ0) is 21.4. The zero-order valence-electron chi connectivity index (χ0n) is 18.7. The molecule has 0 bridgehead atoms. The van der Waals surface area contributed by atoms with Crippen LogP contribution in [0.1, 0.15) is 55.9 Å². The summed E-state index contributed by atoms with van der Waals surface area (Å²) in [4.78, 5) is 0. The van der Waals surface area contributed by atoms with Crippen LogP contribution in [0.3, 0.4) is 0 Å². The van der Waals surface area contributed by atoms with Gasteiger partial charge in [-0.15, -0.1) is 0 Å². The van der Waals surface area contributed by atoms with E-state index in [0.717, 1.165) is 5.69 Å². The molecule has 0 amide bonds. The summed E-state index contributed by atoms with van der Waals surface area (Å²) in [6, 6.07) is 22.6. The molecule has 31 heavy (non-hydrogen) atoms. The van der Waals surface area contributed by atoms with Gasteiger partial charge in [0.25, 0.3) is 0 Å². The van der Waals surface area contributed by atoms with E-state index in [-0.39, 0.29) is 10.8 Å². The largest absolute Gasteiger partial charge is 0.356 e. The smallest absolute Gasteiger partial charge is 0.0387 e. The van der Waals surface area contributed by atoms with Crippen molar-refractivity contribution >= 4 is 11.4 Å². The van der Waals surface area contributed by atoms with Gasteiger partial charge >= 0.3 is 0 Å². The Kier molecular flexibility index (Phi) is 3.76. The normalized spacial score (nSPS) is 23.1. The number of benzene rings is 3. The molecule has 0 fully saturated rings. The highest BCUT2D eigenvalue weighted by Gasteiger charge is 2.44. The third kappa shape index (κ3) is 2.56. The zero-order valence-corrected chi connectivity index (χ0v) is 18.7. The van der Waals surface area contributed by atoms with E-state index in [2.05, 4.69) is 118 Å². The van der Waals surface area contributed by atoms with Crippen LogP contribution in [0.25, 0.3) is 11.1 Å². The fraction of sp³-hybridized carbons (Fsp3) is 0.267. The summed E-state index contributed by atoms with van der Waals surface area (Å²) in [5.41, 5.74) is 11.0. The minimum atomic E-state index is 0.0257. The summed E-state index contributed by atoms with van der Waals surface area (Å²) in [6.07, 6.45) is 9.16. The van der Waals surface area contributed by atoms with Gasteiger partial charge < -0.3 is 5.32 Å². The molecule has 3 aliphatic carbocycles. The molecule has 0 spiro atoms. The van der Waals surface area contributed by atoms with Gasteiger partial charge in [-0.25, -0.2) is 0 Å². The van der Waals surface area contributed by atoms with E-state index in [1.54, 1.807) is 0 Å². The van der Waals surface area contributed by atoms with Crippen molar-refractivity contribution in [3.63, 3.8) is 0 Å². The maximum Gasteiger partial charge on any atom is 0.0387 e. The monoisotopic (exact) mass is 403 g/mol. The summed E-state index contributed by atoms with van der Waals surface area (Å²) in [7, 11) is 0. The lowest BCUT2D eigenvalue weighted by Crippen LogP contribution is -2.24. The van der Waals surface area contributed by atoms with E-state index in [9.17, 15) is 0 Å².